The van der Waals surface area contributed by atoms with E-state index in [9.17, 15) is 14.9 Å². The Morgan fingerprint density at radius 3 is 2.79 bits per heavy atom. The van der Waals surface area contributed by atoms with Gasteiger partial charge < -0.3 is 5.32 Å². The van der Waals surface area contributed by atoms with Crippen molar-refractivity contribution in [2.45, 2.75) is 39.0 Å². The highest BCUT2D eigenvalue weighted by atomic mass is 16.6. The Balaban J connectivity index is 1.75. The van der Waals surface area contributed by atoms with Gasteiger partial charge in [0.1, 0.15) is 0 Å². The molecule has 24 heavy (non-hydrogen) atoms. The van der Waals surface area contributed by atoms with Gasteiger partial charge in [-0.1, -0.05) is 5.57 Å². The van der Waals surface area contributed by atoms with Gasteiger partial charge in [-0.3, -0.25) is 14.9 Å². The van der Waals surface area contributed by atoms with Crippen molar-refractivity contribution in [2.75, 3.05) is 5.32 Å². The number of non-ortho nitro benzene ring substituents is 1. The summed E-state index contributed by atoms with van der Waals surface area (Å²) in [5, 5.41) is 13.8. The Morgan fingerprint density at radius 2 is 2.04 bits per heavy atom. The number of carbonyl (C=O) groups is 1. The molecule has 0 fully saturated rings. The van der Waals surface area contributed by atoms with Gasteiger partial charge in [0.25, 0.3) is 11.6 Å². The molecule has 122 valence electrons. The number of nitro benzene ring substituents is 1. The molecule has 0 saturated heterocycles. The van der Waals surface area contributed by atoms with Crippen LogP contribution < -0.4 is 5.32 Å². The Hall–Kier alpha value is -2.69. The molecule has 0 radical (unpaired) electrons. The highest BCUT2D eigenvalue weighted by Crippen LogP contribution is 2.43. The van der Waals surface area contributed by atoms with Gasteiger partial charge in [0, 0.05) is 29.0 Å². The predicted octanol–water partition coefficient (Wildman–Crippen LogP) is 4.52. The number of nitrogens with zero attached hydrogens (tertiary/aromatic N) is 1. The largest absolute Gasteiger partial charge is 0.321 e. The first-order valence-corrected chi connectivity index (χ1v) is 8.27. The van der Waals surface area contributed by atoms with Crippen LogP contribution in [0, 0.1) is 10.1 Å². The summed E-state index contributed by atoms with van der Waals surface area (Å²) in [6, 6.07) is 4.50. The van der Waals surface area contributed by atoms with E-state index in [1.807, 2.05) is 6.08 Å². The monoisotopic (exact) mass is 322 g/mol. The maximum atomic E-state index is 12.3. The first-order chi connectivity index (χ1) is 11.5. The number of hydrogen-bond acceptors (Lipinski definition) is 3. The minimum Gasteiger partial charge on any atom is -0.321 e. The third-order valence-electron chi connectivity index (χ3n) is 5.24. The van der Waals surface area contributed by atoms with E-state index in [1.54, 1.807) is 6.07 Å². The summed E-state index contributed by atoms with van der Waals surface area (Å²) >= 11 is 0. The minimum atomic E-state index is -0.430. The molecule has 1 aromatic rings. The second-order valence-corrected chi connectivity index (χ2v) is 6.62. The average molecular weight is 322 g/mol. The van der Waals surface area contributed by atoms with E-state index in [0.29, 0.717) is 16.8 Å². The van der Waals surface area contributed by atoms with Gasteiger partial charge in [0.2, 0.25) is 0 Å². The summed E-state index contributed by atoms with van der Waals surface area (Å²) in [5.41, 5.74) is 7.23. The molecule has 2 aliphatic carbocycles. The van der Waals surface area contributed by atoms with Crippen LogP contribution in [0.3, 0.4) is 0 Å². The van der Waals surface area contributed by atoms with E-state index < -0.39 is 4.92 Å². The van der Waals surface area contributed by atoms with E-state index in [1.165, 1.54) is 47.3 Å². The number of carbonyl (C=O) groups excluding carboxylic acids is 1. The molecule has 1 heterocycles. The smallest absolute Gasteiger partial charge is 0.270 e. The topological polar surface area (TPSA) is 72.2 Å². The number of nitro groups is 1. The van der Waals surface area contributed by atoms with Crippen molar-refractivity contribution in [3.05, 3.63) is 62.2 Å². The van der Waals surface area contributed by atoms with Crippen molar-refractivity contribution in [1.82, 2.24) is 0 Å². The molecule has 0 spiro atoms. The van der Waals surface area contributed by atoms with Crippen LogP contribution in [0.1, 0.15) is 44.6 Å². The second kappa shape index (κ2) is 5.44. The van der Waals surface area contributed by atoms with Crippen molar-refractivity contribution in [3.8, 4) is 0 Å². The van der Waals surface area contributed by atoms with Crippen LogP contribution in [0.15, 0.2) is 46.6 Å². The summed E-state index contributed by atoms with van der Waals surface area (Å²) < 4.78 is 0. The van der Waals surface area contributed by atoms with Crippen LogP contribution in [0.25, 0.3) is 5.57 Å². The number of hydrogen-bond donors (Lipinski definition) is 1. The number of fused-ring (bicyclic) bond motifs is 1. The van der Waals surface area contributed by atoms with E-state index in [0.717, 1.165) is 19.3 Å². The Labute approximate surface area is 139 Å². The number of benzene rings is 1. The third kappa shape index (κ3) is 2.28. The number of nitrogens with one attached hydrogen (secondary N) is 1. The summed E-state index contributed by atoms with van der Waals surface area (Å²) in [4.78, 5) is 22.9. The molecular weight excluding hydrogens is 304 g/mol. The minimum absolute atomic E-state index is 0.00527. The SMILES string of the molecule is CC1=C(C=C2C(=O)Nc3ccc([N+](=O)[O-])cc32)CC2=C1CCCC2. The van der Waals surface area contributed by atoms with E-state index in [-0.39, 0.29) is 11.6 Å². The molecular formula is C19H18N2O3. The van der Waals surface area contributed by atoms with Gasteiger partial charge in [-0.25, -0.2) is 0 Å². The van der Waals surface area contributed by atoms with Gasteiger partial charge in [-0.05, 0) is 67.9 Å². The number of amides is 1. The highest BCUT2D eigenvalue weighted by molar-refractivity contribution is 6.32. The molecule has 4 rings (SSSR count). The first-order valence-electron chi connectivity index (χ1n) is 8.27. The van der Waals surface area contributed by atoms with E-state index >= 15 is 0 Å². The molecule has 3 aliphatic rings. The molecule has 5 heteroatoms. The standard InChI is InChI=1S/C19H18N2O3/c1-11-13(8-12-4-2-3-5-15(11)12)9-17-16-10-14(21(23)24)6-7-18(16)20-19(17)22/h6-7,9-10H,2-5,8H2,1H3,(H,20,22). The fourth-order valence-corrected chi connectivity index (χ4v) is 3.94. The number of allylic oxidation sites excluding steroid dienone is 5. The molecule has 1 aliphatic heterocycles. The first kappa shape index (κ1) is 14.9. The Kier molecular flexibility index (Phi) is 3.37. The zero-order valence-electron chi connectivity index (χ0n) is 13.5. The average Bonchev–Trinajstić information content (AvgIpc) is 3.05. The van der Waals surface area contributed by atoms with Crippen LogP contribution in [-0.4, -0.2) is 10.8 Å². The molecule has 0 bridgehead atoms. The summed E-state index contributed by atoms with van der Waals surface area (Å²) in [6.07, 6.45) is 7.58. The van der Waals surface area contributed by atoms with Gasteiger partial charge in [0.05, 0.1) is 4.92 Å². The molecule has 1 aromatic carbocycles. The summed E-state index contributed by atoms with van der Waals surface area (Å²) in [5.74, 6) is -0.185. The number of anilines is 1. The Bertz CT molecular complexity index is 875. The van der Waals surface area contributed by atoms with Crippen molar-refractivity contribution >= 4 is 22.9 Å². The molecule has 0 saturated carbocycles. The van der Waals surface area contributed by atoms with E-state index in [4.69, 9.17) is 0 Å². The van der Waals surface area contributed by atoms with Crippen LogP contribution in [0.5, 0.6) is 0 Å². The van der Waals surface area contributed by atoms with Crippen molar-refractivity contribution in [1.29, 1.82) is 0 Å². The maximum absolute atomic E-state index is 12.3. The van der Waals surface area contributed by atoms with E-state index in [2.05, 4.69) is 12.2 Å². The summed E-state index contributed by atoms with van der Waals surface area (Å²) in [6.45, 7) is 2.13. The summed E-state index contributed by atoms with van der Waals surface area (Å²) in [7, 11) is 0. The third-order valence-corrected chi connectivity index (χ3v) is 5.24. The highest BCUT2D eigenvalue weighted by Gasteiger charge is 2.29. The van der Waals surface area contributed by atoms with Crippen LogP contribution in [0.4, 0.5) is 11.4 Å². The van der Waals surface area contributed by atoms with Crippen molar-refractivity contribution in [2.24, 2.45) is 0 Å². The lowest BCUT2D eigenvalue weighted by Gasteiger charge is -2.14. The quantitative estimate of drug-likeness (QED) is 0.494. The van der Waals surface area contributed by atoms with Crippen molar-refractivity contribution in [3.63, 3.8) is 0 Å². The normalized spacial score (nSPS) is 21.2. The van der Waals surface area contributed by atoms with Gasteiger partial charge in [-0.2, -0.15) is 0 Å². The molecule has 0 aromatic heterocycles. The molecule has 1 N–H and O–H groups in total. The lowest BCUT2D eigenvalue weighted by molar-refractivity contribution is -0.384. The number of rotatable bonds is 2. The second-order valence-electron chi connectivity index (χ2n) is 6.62. The maximum Gasteiger partial charge on any atom is 0.270 e. The molecule has 5 nitrogen and oxygen atoms in total. The van der Waals surface area contributed by atoms with Crippen LogP contribution >= 0.6 is 0 Å². The molecule has 0 unspecified atom stereocenters. The lowest BCUT2D eigenvalue weighted by Crippen LogP contribution is -2.04. The molecule has 0 atom stereocenters. The zero-order valence-corrected chi connectivity index (χ0v) is 13.5. The lowest BCUT2D eigenvalue weighted by atomic mass is 9.91. The van der Waals surface area contributed by atoms with Gasteiger partial charge >= 0.3 is 0 Å². The fraction of sp³-hybridized carbons (Fsp3) is 0.316. The predicted molar refractivity (Wildman–Crippen MR) is 92.5 cm³/mol. The fourth-order valence-electron chi connectivity index (χ4n) is 3.94. The Morgan fingerprint density at radius 1 is 1.25 bits per heavy atom. The van der Waals surface area contributed by atoms with Crippen LogP contribution in [-0.2, 0) is 4.79 Å². The van der Waals surface area contributed by atoms with Gasteiger partial charge in [0.15, 0.2) is 0 Å². The van der Waals surface area contributed by atoms with Crippen molar-refractivity contribution < 1.29 is 9.72 Å². The van der Waals surface area contributed by atoms with Gasteiger partial charge in [-0.15, -0.1) is 0 Å². The zero-order chi connectivity index (χ0) is 16.8. The molecule has 1 amide bonds. The van der Waals surface area contributed by atoms with Crippen LogP contribution in [0.2, 0.25) is 0 Å².